The van der Waals surface area contributed by atoms with Crippen molar-refractivity contribution in [1.29, 1.82) is 0 Å². The van der Waals surface area contributed by atoms with E-state index in [1.54, 1.807) is 6.33 Å². The zero-order chi connectivity index (χ0) is 19.9. The number of hydrogen-bond acceptors (Lipinski definition) is 5. The molecule has 28 heavy (non-hydrogen) atoms. The van der Waals surface area contributed by atoms with Crippen LogP contribution in [0.15, 0.2) is 18.6 Å². The van der Waals surface area contributed by atoms with Gasteiger partial charge in [0.2, 0.25) is 0 Å². The van der Waals surface area contributed by atoms with E-state index in [2.05, 4.69) is 33.6 Å². The fraction of sp³-hybridized carbons (Fsp3) is 0.650. The maximum absolute atomic E-state index is 11.6. The number of rotatable bonds is 7. The molecule has 0 amide bonds. The minimum atomic E-state index is -0.648. The molecule has 1 saturated heterocycles. The Kier molecular flexibility index (Phi) is 5.03. The van der Waals surface area contributed by atoms with Crippen LogP contribution in [0.25, 0.3) is 11.0 Å². The van der Waals surface area contributed by atoms with Crippen LogP contribution in [-0.4, -0.2) is 69.8 Å². The van der Waals surface area contributed by atoms with E-state index in [0.29, 0.717) is 13.2 Å². The van der Waals surface area contributed by atoms with Crippen LogP contribution in [0, 0.1) is 11.3 Å². The van der Waals surface area contributed by atoms with E-state index in [9.17, 15) is 9.90 Å². The molecule has 8 heteroatoms. The van der Waals surface area contributed by atoms with Crippen LogP contribution in [0.5, 0.6) is 0 Å². The number of carboxylic acids is 1. The number of aromatic nitrogens is 3. The third kappa shape index (κ3) is 3.85. The first-order chi connectivity index (χ1) is 13.3. The Labute approximate surface area is 167 Å². The normalized spacial score (nSPS) is 22.0. The third-order valence-electron chi connectivity index (χ3n) is 6.03. The van der Waals surface area contributed by atoms with Crippen molar-refractivity contribution in [2.24, 2.45) is 11.3 Å². The van der Waals surface area contributed by atoms with Gasteiger partial charge in [-0.25, -0.2) is 20.0 Å². The Morgan fingerprint density at radius 2 is 2.14 bits per heavy atom. The van der Waals surface area contributed by atoms with E-state index >= 15 is 0 Å². The minimum Gasteiger partial charge on any atom is -0.481 e. The molecule has 7 nitrogen and oxygen atoms in total. The van der Waals surface area contributed by atoms with Crippen LogP contribution in [0.2, 0.25) is 0 Å². The van der Waals surface area contributed by atoms with Gasteiger partial charge in [-0.1, -0.05) is 0 Å². The highest BCUT2D eigenvalue weighted by molar-refractivity contribution is 8.32. The molecule has 154 valence electrons. The van der Waals surface area contributed by atoms with E-state index in [0.717, 1.165) is 55.1 Å². The lowest BCUT2D eigenvalue weighted by atomic mass is 9.82. The highest BCUT2D eigenvalue weighted by atomic mass is 32.3. The quantitative estimate of drug-likeness (QED) is 0.712. The summed E-state index contributed by atoms with van der Waals surface area (Å²) in [7, 11) is -0.553. The van der Waals surface area contributed by atoms with Crippen LogP contribution >= 0.6 is 10.0 Å². The Balaban J connectivity index is 1.49. The molecule has 1 aliphatic heterocycles. The maximum atomic E-state index is 11.6. The van der Waals surface area contributed by atoms with E-state index in [1.165, 1.54) is 0 Å². The fourth-order valence-corrected chi connectivity index (χ4v) is 4.83. The van der Waals surface area contributed by atoms with Gasteiger partial charge in [-0.3, -0.25) is 4.79 Å². The van der Waals surface area contributed by atoms with Gasteiger partial charge < -0.3 is 19.3 Å². The zero-order valence-corrected chi connectivity index (χ0v) is 17.7. The van der Waals surface area contributed by atoms with Gasteiger partial charge >= 0.3 is 5.97 Å². The summed E-state index contributed by atoms with van der Waals surface area (Å²) in [4.78, 5) is 22.9. The molecular weight excluding hydrogens is 376 g/mol. The Morgan fingerprint density at radius 1 is 1.36 bits per heavy atom. The highest BCUT2D eigenvalue weighted by Crippen LogP contribution is 2.56. The van der Waals surface area contributed by atoms with E-state index in [4.69, 9.17) is 4.74 Å². The van der Waals surface area contributed by atoms with E-state index in [1.807, 2.05) is 16.8 Å². The van der Waals surface area contributed by atoms with Gasteiger partial charge in [-0.2, -0.15) is 0 Å². The molecule has 1 atom stereocenters. The number of carbonyl (C=O) groups is 1. The Bertz CT molecular complexity index is 872. The number of piperidine rings is 1. The number of aliphatic carboxylic acids is 1. The van der Waals surface area contributed by atoms with E-state index in [-0.39, 0.29) is 11.3 Å². The summed E-state index contributed by atoms with van der Waals surface area (Å²) in [6, 6.07) is 2.05. The van der Waals surface area contributed by atoms with Crippen molar-refractivity contribution in [3.8, 4) is 0 Å². The van der Waals surface area contributed by atoms with Crippen LogP contribution in [0.3, 0.4) is 0 Å². The average molecular weight is 407 g/mol. The third-order valence-corrected chi connectivity index (χ3v) is 7.42. The highest BCUT2D eigenvalue weighted by Gasteiger charge is 2.55. The topological polar surface area (TPSA) is 80.5 Å². The standard InChI is InChI=1S/C20H30N4O3S/c1-28(2,3)11-10-27-14-24-8-4-15-17(21-13-22-18(15)24)23-9-5-16(19(25)26)20(12-23)6-7-20/h4,8,13,16H,5-7,9-12,14H2,1-3H3,(H,25,26)/t16-/m0/s1. The maximum Gasteiger partial charge on any atom is 0.307 e. The lowest BCUT2D eigenvalue weighted by Gasteiger charge is -2.38. The zero-order valence-electron chi connectivity index (χ0n) is 16.9. The molecule has 1 spiro atoms. The van der Waals surface area contributed by atoms with Crippen molar-refractivity contribution >= 4 is 32.8 Å². The fourth-order valence-electron chi connectivity index (χ4n) is 4.21. The van der Waals surface area contributed by atoms with Gasteiger partial charge in [0.05, 0.1) is 17.9 Å². The number of fused-ring (bicyclic) bond motifs is 1. The molecule has 0 bridgehead atoms. The molecule has 2 aliphatic rings. The van der Waals surface area contributed by atoms with Crippen molar-refractivity contribution in [2.75, 3.05) is 49.1 Å². The van der Waals surface area contributed by atoms with Gasteiger partial charge in [0.15, 0.2) is 0 Å². The van der Waals surface area contributed by atoms with Crippen molar-refractivity contribution in [2.45, 2.75) is 26.0 Å². The lowest BCUT2D eigenvalue weighted by Crippen LogP contribution is -2.45. The average Bonchev–Trinajstić information content (AvgIpc) is 3.25. The summed E-state index contributed by atoms with van der Waals surface area (Å²) < 4.78 is 7.90. The molecule has 1 aliphatic carbocycles. The first-order valence-electron chi connectivity index (χ1n) is 9.80. The second-order valence-corrected chi connectivity index (χ2v) is 13.6. The lowest BCUT2D eigenvalue weighted by molar-refractivity contribution is -0.144. The Morgan fingerprint density at radius 3 is 2.82 bits per heavy atom. The largest absolute Gasteiger partial charge is 0.481 e. The van der Waals surface area contributed by atoms with Gasteiger partial charge in [-0.15, -0.1) is 0 Å². The van der Waals surface area contributed by atoms with Gasteiger partial charge in [0.25, 0.3) is 0 Å². The molecule has 1 saturated carbocycles. The van der Waals surface area contributed by atoms with Crippen molar-refractivity contribution < 1.29 is 14.6 Å². The summed E-state index contributed by atoms with van der Waals surface area (Å²) >= 11 is 0. The first-order valence-corrected chi connectivity index (χ1v) is 12.8. The molecule has 0 unspecified atom stereocenters. The monoisotopic (exact) mass is 406 g/mol. The number of hydrogen-bond donors (Lipinski definition) is 1. The summed E-state index contributed by atoms with van der Waals surface area (Å²) in [6.45, 7) is 2.73. The Hall–Kier alpha value is -1.80. The molecular formula is C20H30N4O3S. The minimum absolute atomic E-state index is 0.0671. The molecule has 2 aromatic heterocycles. The number of ether oxygens (including phenoxy) is 1. The molecule has 4 rings (SSSR count). The van der Waals surface area contributed by atoms with Crippen molar-refractivity contribution in [1.82, 2.24) is 14.5 Å². The van der Waals surface area contributed by atoms with Crippen LogP contribution in [0.4, 0.5) is 5.82 Å². The van der Waals surface area contributed by atoms with E-state index < -0.39 is 16.0 Å². The van der Waals surface area contributed by atoms with Crippen molar-refractivity contribution in [3.63, 3.8) is 0 Å². The van der Waals surface area contributed by atoms with Crippen LogP contribution in [-0.2, 0) is 16.3 Å². The molecule has 2 fully saturated rings. The first kappa shape index (κ1) is 19.5. The molecule has 1 N–H and O–H groups in total. The molecule has 0 aromatic carbocycles. The number of anilines is 1. The summed E-state index contributed by atoms with van der Waals surface area (Å²) in [5.41, 5.74) is 0.806. The van der Waals surface area contributed by atoms with Crippen LogP contribution < -0.4 is 4.90 Å². The summed E-state index contributed by atoms with van der Waals surface area (Å²) in [5.74, 6) is 1.14. The predicted octanol–water partition coefficient (Wildman–Crippen LogP) is 2.79. The smallest absolute Gasteiger partial charge is 0.307 e. The number of carboxylic acid groups (broad SMARTS) is 1. The number of nitrogens with zero attached hydrogens (tertiary/aromatic N) is 4. The second kappa shape index (κ2) is 7.22. The molecule has 0 radical (unpaired) electrons. The summed E-state index contributed by atoms with van der Waals surface area (Å²) in [5, 5.41) is 10.6. The van der Waals surface area contributed by atoms with Gasteiger partial charge in [0, 0.05) is 30.5 Å². The van der Waals surface area contributed by atoms with Crippen LogP contribution in [0.1, 0.15) is 19.3 Å². The van der Waals surface area contributed by atoms with Crippen molar-refractivity contribution in [3.05, 3.63) is 18.6 Å². The van der Waals surface area contributed by atoms with Gasteiger partial charge in [0.1, 0.15) is 24.5 Å². The van der Waals surface area contributed by atoms with Gasteiger partial charge in [-0.05, 0) is 44.1 Å². The second-order valence-electron chi connectivity index (χ2n) is 9.02. The molecule has 3 heterocycles. The predicted molar refractivity (Wildman–Crippen MR) is 113 cm³/mol. The molecule has 2 aromatic rings. The summed E-state index contributed by atoms with van der Waals surface area (Å²) in [6.07, 6.45) is 13.2. The SMILES string of the molecule is CS(C)(C)CCOCn1ccc2c(N3CC[C@@H](C(=O)O)C4(CC4)C3)ncnc21.